The van der Waals surface area contributed by atoms with Gasteiger partial charge in [0.2, 0.25) is 5.91 Å². The van der Waals surface area contributed by atoms with Gasteiger partial charge in [0.1, 0.15) is 0 Å². The van der Waals surface area contributed by atoms with Gasteiger partial charge in [-0.2, -0.15) is 13.2 Å². The zero-order valence-electron chi connectivity index (χ0n) is 16.5. The summed E-state index contributed by atoms with van der Waals surface area (Å²) in [5.74, 6) is 0.0972. The molecule has 2 heterocycles. The summed E-state index contributed by atoms with van der Waals surface area (Å²) in [6.45, 7) is 7.00. The number of benzene rings is 1. The minimum Gasteiger partial charge on any atom is -0.367 e. The highest BCUT2D eigenvalue weighted by molar-refractivity contribution is 5.77. The van der Waals surface area contributed by atoms with Gasteiger partial charge in [-0.15, -0.1) is 0 Å². The van der Waals surface area contributed by atoms with Crippen LogP contribution in [0.1, 0.15) is 44.6 Å². The molecule has 4 nitrogen and oxygen atoms in total. The summed E-state index contributed by atoms with van der Waals surface area (Å²) < 4.78 is 39.1. The van der Waals surface area contributed by atoms with E-state index in [0.717, 1.165) is 38.7 Å². The van der Waals surface area contributed by atoms with Crippen LogP contribution in [-0.2, 0) is 11.0 Å². The van der Waals surface area contributed by atoms with Gasteiger partial charge < -0.3 is 14.7 Å². The second-order valence-electron chi connectivity index (χ2n) is 7.94. The van der Waals surface area contributed by atoms with Crippen LogP contribution in [-0.4, -0.2) is 61.0 Å². The number of carbonyl (C=O) groups excluding carboxylic acids is 1. The molecule has 3 rings (SSSR count). The van der Waals surface area contributed by atoms with Gasteiger partial charge in [0.05, 0.1) is 5.56 Å². The maximum absolute atomic E-state index is 13.0. The Labute approximate surface area is 165 Å². The Balaban J connectivity index is 1.60. The number of likely N-dealkylation sites (tertiary alicyclic amines) is 1. The van der Waals surface area contributed by atoms with Crippen molar-refractivity contribution in [1.82, 2.24) is 9.80 Å². The van der Waals surface area contributed by atoms with Crippen molar-refractivity contribution < 1.29 is 18.0 Å². The van der Waals surface area contributed by atoms with Gasteiger partial charge in [-0.3, -0.25) is 4.79 Å². The fraction of sp³-hybridized carbons (Fsp3) is 0.667. The van der Waals surface area contributed by atoms with Gasteiger partial charge >= 0.3 is 6.18 Å². The number of hydrogen-bond donors (Lipinski definition) is 0. The second-order valence-corrected chi connectivity index (χ2v) is 7.94. The molecular formula is C21H30F3N3O. The van der Waals surface area contributed by atoms with E-state index in [2.05, 4.69) is 4.90 Å². The molecular weight excluding hydrogens is 367 g/mol. The molecule has 1 amide bonds. The number of halogens is 3. The Kier molecular flexibility index (Phi) is 6.86. The molecule has 1 aromatic carbocycles. The van der Waals surface area contributed by atoms with E-state index in [1.165, 1.54) is 31.4 Å². The smallest absolute Gasteiger partial charge is 0.367 e. The molecule has 0 bridgehead atoms. The zero-order chi connectivity index (χ0) is 20.1. The summed E-state index contributed by atoms with van der Waals surface area (Å²) in [7, 11) is 0. The minimum atomic E-state index is -4.36. The number of rotatable bonds is 5. The number of anilines is 1. The zero-order valence-corrected chi connectivity index (χ0v) is 16.5. The molecule has 2 aliphatic rings. The van der Waals surface area contributed by atoms with Crippen molar-refractivity contribution in [3.05, 3.63) is 29.8 Å². The molecule has 1 atom stereocenters. The molecule has 0 N–H and O–H groups in total. The first-order valence-electron chi connectivity index (χ1n) is 10.3. The predicted molar refractivity (Wildman–Crippen MR) is 104 cm³/mol. The lowest BCUT2D eigenvalue weighted by Gasteiger charge is -2.32. The highest BCUT2D eigenvalue weighted by Crippen LogP contribution is 2.32. The Morgan fingerprint density at radius 1 is 1.07 bits per heavy atom. The van der Waals surface area contributed by atoms with E-state index in [1.807, 2.05) is 16.7 Å². The summed E-state index contributed by atoms with van der Waals surface area (Å²) in [5, 5.41) is 0. The molecule has 2 fully saturated rings. The minimum absolute atomic E-state index is 0.0232. The summed E-state index contributed by atoms with van der Waals surface area (Å²) in [6, 6.07) is 5.39. The molecule has 7 heteroatoms. The van der Waals surface area contributed by atoms with Crippen LogP contribution in [0.5, 0.6) is 0 Å². The Morgan fingerprint density at radius 2 is 1.82 bits per heavy atom. The van der Waals surface area contributed by atoms with Crippen LogP contribution in [0.25, 0.3) is 0 Å². The van der Waals surface area contributed by atoms with Gasteiger partial charge in [-0.25, -0.2) is 0 Å². The van der Waals surface area contributed by atoms with Crippen LogP contribution in [0.2, 0.25) is 0 Å². The number of nitrogens with zero attached hydrogens (tertiary/aromatic N) is 3. The van der Waals surface area contributed by atoms with E-state index in [4.69, 9.17) is 0 Å². The first-order valence-corrected chi connectivity index (χ1v) is 10.3. The highest BCUT2D eigenvalue weighted by Gasteiger charge is 2.32. The summed E-state index contributed by atoms with van der Waals surface area (Å²) in [5.41, 5.74) is -0.114. The van der Waals surface area contributed by atoms with Gasteiger partial charge in [-0.1, -0.05) is 12.5 Å². The third-order valence-electron chi connectivity index (χ3n) is 5.79. The van der Waals surface area contributed by atoms with Gasteiger partial charge in [0.15, 0.2) is 0 Å². The van der Waals surface area contributed by atoms with Crippen molar-refractivity contribution in [3.63, 3.8) is 0 Å². The molecule has 156 valence electrons. The third-order valence-corrected chi connectivity index (χ3v) is 5.79. The monoisotopic (exact) mass is 397 g/mol. The Hall–Kier alpha value is -1.76. The van der Waals surface area contributed by atoms with E-state index in [1.54, 1.807) is 6.07 Å². The topological polar surface area (TPSA) is 26.8 Å². The number of alkyl halides is 3. The SMILES string of the molecule is CC1CN(CCCN2CCCCC2)C(=O)CCN1c1cccc(C(F)(F)F)c1. The van der Waals surface area contributed by atoms with Gasteiger partial charge in [0.25, 0.3) is 0 Å². The molecule has 2 aliphatic heterocycles. The average molecular weight is 397 g/mol. The van der Waals surface area contributed by atoms with E-state index in [-0.39, 0.29) is 11.9 Å². The van der Waals surface area contributed by atoms with Crippen LogP contribution in [0.3, 0.4) is 0 Å². The number of carbonyl (C=O) groups is 1. The predicted octanol–water partition coefficient (Wildman–Crippen LogP) is 4.01. The number of piperidine rings is 1. The molecule has 0 aliphatic carbocycles. The molecule has 1 unspecified atom stereocenters. The normalized spacial score (nSPS) is 22.4. The van der Waals surface area contributed by atoms with Crippen LogP contribution in [0, 0.1) is 0 Å². The number of hydrogen-bond acceptors (Lipinski definition) is 3. The van der Waals surface area contributed by atoms with Crippen molar-refractivity contribution in [2.24, 2.45) is 0 Å². The maximum Gasteiger partial charge on any atom is 0.416 e. The fourth-order valence-electron chi connectivity index (χ4n) is 4.24. The van der Waals surface area contributed by atoms with Crippen molar-refractivity contribution in [2.75, 3.05) is 44.2 Å². The lowest BCUT2D eigenvalue weighted by molar-refractivity contribution is -0.137. The van der Waals surface area contributed by atoms with Crippen LogP contribution in [0.15, 0.2) is 24.3 Å². The molecule has 1 aromatic rings. The summed E-state index contributed by atoms with van der Waals surface area (Å²) in [6.07, 6.45) is 0.745. The molecule has 0 spiro atoms. The molecule has 0 aromatic heterocycles. The summed E-state index contributed by atoms with van der Waals surface area (Å²) >= 11 is 0. The quantitative estimate of drug-likeness (QED) is 0.751. The lowest BCUT2D eigenvalue weighted by atomic mass is 10.1. The van der Waals surface area contributed by atoms with E-state index >= 15 is 0 Å². The van der Waals surface area contributed by atoms with Crippen LogP contribution < -0.4 is 4.90 Å². The van der Waals surface area contributed by atoms with E-state index < -0.39 is 11.7 Å². The summed E-state index contributed by atoms with van der Waals surface area (Å²) in [4.78, 5) is 18.8. The molecule has 0 radical (unpaired) electrons. The second kappa shape index (κ2) is 9.16. The largest absolute Gasteiger partial charge is 0.416 e. The van der Waals surface area contributed by atoms with Crippen molar-refractivity contribution in [1.29, 1.82) is 0 Å². The van der Waals surface area contributed by atoms with E-state index in [0.29, 0.717) is 25.2 Å². The Morgan fingerprint density at radius 3 is 2.54 bits per heavy atom. The molecule has 2 saturated heterocycles. The third kappa shape index (κ3) is 5.40. The average Bonchev–Trinajstić information content (AvgIpc) is 2.81. The highest BCUT2D eigenvalue weighted by atomic mass is 19.4. The molecule has 0 saturated carbocycles. The maximum atomic E-state index is 13.0. The fourth-order valence-corrected chi connectivity index (χ4v) is 4.24. The van der Waals surface area contributed by atoms with Gasteiger partial charge in [0, 0.05) is 37.8 Å². The van der Waals surface area contributed by atoms with Crippen LogP contribution in [0.4, 0.5) is 18.9 Å². The number of amides is 1. The molecule has 28 heavy (non-hydrogen) atoms. The van der Waals surface area contributed by atoms with Crippen LogP contribution >= 0.6 is 0 Å². The first kappa shape index (κ1) is 21.0. The lowest BCUT2D eigenvalue weighted by Crippen LogP contribution is -2.41. The van der Waals surface area contributed by atoms with Gasteiger partial charge in [-0.05, 0) is 64.0 Å². The van der Waals surface area contributed by atoms with Crippen molar-refractivity contribution in [2.45, 2.75) is 51.2 Å². The first-order chi connectivity index (χ1) is 13.3. The Bertz CT molecular complexity index is 659. The van der Waals surface area contributed by atoms with Crippen molar-refractivity contribution >= 4 is 11.6 Å². The standard InChI is InChI=1S/C21H30F3N3O/c1-17-16-26(13-6-12-25-10-3-2-4-11-25)20(28)9-14-27(17)19-8-5-7-18(15-19)21(22,23)24/h5,7-8,15,17H,2-4,6,9-14,16H2,1H3. The van der Waals surface area contributed by atoms with E-state index in [9.17, 15) is 18.0 Å². The van der Waals surface area contributed by atoms with Crippen molar-refractivity contribution in [3.8, 4) is 0 Å².